The molecule has 1 aromatic rings. The zero-order valence-corrected chi connectivity index (χ0v) is 17.9. The second-order valence-corrected chi connectivity index (χ2v) is 6.83. The van der Waals surface area contributed by atoms with Crippen LogP contribution >= 0.6 is 0 Å². The lowest BCUT2D eigenvalue weighted by molar-refractivity contribution is 0.0697. The predicted octanol–water partition coefficient (Wildman–Crippen LogP) is 6.01. The zero-order valence-electron chi connectivity index (χ0n) is 17.9. The fourth-order valence-electron chi connectivity index (χ4n) is 2.81. The number of rotatable bonds is 14. The first-order valence-corrected chi connectivity index (χ1v) is 10.4. The molecule has 0 spiro atoms. The molecule has 0 aliphatic rings. The van der Waals surface area contributed by atoms with Crippen molar-refractivity contribution >= 4 is 23.7 Å². The fourth-order valence-corrected chi connectivity index (χ4v) is 2.81. The fraction of sp³-hybridized carbons (Fsp3) is 0.478. The Morgan fingerprint density at radius 2 is 1.86 bits per heavy atom. The summed E-state index contributed by atoms with van der Waals surface area (Å²) < 4.78 is 0. The number of carboxylic acids is 1. The standard InChI is InChI=1S/C23H35N3O3/c1-4-7-8-9-10-14-25-20-13-12-19(23(28)29)15-21(20)26-17-24-16-18(6-3)22(27)11-5-2/h6,11-13,15,17,25,27H,4-5,7-10,14,16H2,1-3H3,(H,24,26)(H,28,29)/b18-6-,22-11+. The lowest BCUT2D eigenvalue weighted by Gasteiger charge is -2.13. The number of hydrogen-bond acceptors (Lipinski definition) is 4. The van der Waals surface area contributed by atoms with Crippen LogP contribution in [-0.2, 0) is 0 Å². The van der Waals surface area contributed by atoms with Crippen LogP contribution in [0.3, 0.4) is 0 Å². The number of nitrogens with one attached hydrogen (secondary N) is 2. The molecule has 0 amide bonds. The van der Waals surface area contributed by atoms with E-state index in [9.17, 15) is 15.0 Å². The molecule has 0 radical (unpaired) electrons. The summed E-state index contributed by atoms with van der Waals surface area (Å²) in [5.74, 6) is -0.729. The number of aliphatic hydroxyl groups excluding tert-OH is 1. The van der Waals surface area contributed by atoms with Gasteiger partial charge >= 0.3 is 5.97 Å². The van der Waals surface area contributed by atoms with Gasteiger partial charge in [0.25, 0.3) is 0 Å². The molecule has 0 unspecified atom stereocenters. The van der Waals surface area contributed by atoms with Crippen LogP contribution in [0.1, 0.15) is 69.7 Å². The molecule has 4 N–H and O–H groups in total. The number of hydrogen-bond donors (Lipinski definition) is 4. The molecular formula is C23H35N3O3. The Balaban J connectivity index is 2.74. The quantitative estimate of drug-likeness (QED) is 0.101. The van der Waals surface area contributed by atoms with Crippen molar-refractivity contribution < 1.29 is 15.0 Å². The smallest absolute Gasteiger partial charge is 0.335 e. The largest absolute Gasteiger partial charge is 0.508 e. The molecule has 0 saturated carbocycles. The van der Waals surface area contributed by atoms with Crippen molar-refractivity contribution in [3.05, 3.63) is 47.2 Å². The van der Waals surface area contributed by atoms with E-state index in [2.05, 4.69) is 22.5 Å². The Kier molecular flexibility index (Phi) is 11.9. The highest BCUT2D eigenvalue weighted by molar-refractivity contribution is 5.93. The molecule has 0 aliphatic carbocycles. The van der Waals surface area contributed by atoms with Gasteiger partial charge in [-0.05, 0) is 44.0 Å². The number of aliphatic hydroxyl groups is 1. The number of anilines is 2. The number of aromatic carboxylic acids is 1. The van der Waals surface area contributed by atoms with Crippen molar-refractivity contribution in [1.82, 2.24) is 0 Å². The summed E-state index contributed by atoms with van der Waals surface area (Å²) in [5.41, 5.74) is 2.47. The van der Waals surface area contributed by atoms with Gasteiger partial charge in [0.2, 0.25) is 0 Å². The molecule has 0 fully saturated rings. The number of aliphatic imine (C=N–C) groups is 1. The molecular weight excluding hydrogens is 366 g/mol. The first-order valence-electron chi connectivity index (χ1n) is 10.4. The van der Waals surface area contributed by atoms with Crippen molar-refractivity contribution in [3.8, 4) is 0 Å². The summed E-state index contributed by atoms with van der Waals surface area (Å²) in [7, 11) is 0. The molecule has 1 aromatic carbocycles. The number of unbranched alkanes of at least 4 members (excludes halogenated alkanes) is 4. The maximum Gasteiger partial charge on any atom is 0.335 e. The molecule has 0 aromatic heterocycles. The molecule has 0 aliphatic heterocycles. The van der Waals surface area contributed by atoms with E-state index in [1.165, 1.54) is 32.0 Å². The van der Waals surface area contributed by atoms with E-state index in [1.807, 2.05) is 19.9 Å². The van der Waals surface area contributed by atoms with Gasteiger partial charge in [-0.2, -0.15) is 0 Å². The highest BCUT2D eigenvalue weighted by Gasteiger charge is 2.08. The first-order chi connectivity index (χ1) is 14.0. The molecule has 0 bridgehead atoms. The molecule has 6 nitrogen and oxygen atoms in total. The summed E-state index contributed by atoms with van der Waals surface area (Å²) in [5, 5.41) is 25.7. The number of allylic oxidation sites excluding steroid dienone is 2. The number of benzene rings is 1. The van der Waals surface area contributed by atoms with Gasteiger partial charge in [-0.15, -0.1) is 0 Å². The van der Waals surface area contributed by atoms with Gasteiger partial charge in [0.05, 0.1) is 29.8 Å². The molecule has 0 heterocycles. The normalized spacial score (nSPS) is 12.4. The first kappa shape index (κ1) is 24.3. The maximum atomic E-state index is 11.3. The van der Waals surface area contributed by atoms with Gasteiger partial charge in [0, 0.05) is 12.1 Å². The van der Waals surface area contributed by atoms with E-state index in [-0.39, 0.29) is 11.3 Å². The van der Waals surface area contributed by atoms with Crippen molar-refractivity contribution in [2.24, 2.45) is 4.99 Å². The van der Waals surface area contributed by atoms with Crippen molar-refractivity contribution in [1.29, 1.82) is 0 Å². The molecule has 0 saturated heterocycles. The number of carbonyl (C=O) groups is 1. The minimum atomic E-state index is -0.970. The van der Waals surface area contributed by atoms with Crippen LogP contribution in [-0.4, -0.2) is 35.6 Å². The Hall–Kier alpha value is -2.76. The van der Waals surface area contributed by atoms with Crippen LogP contribution in [0.5, 0.6) is 0 Å². The highest BCUT2D eigenvalue weighted by atomic mass is 16.4. The van der Waals surface area contributed by atoms with Gasteiger partial charge < -0.3 is 20.8 Å². The molecule has 160 valence electrons. The number of carboxylic acid groups (broad SMARTS) is 1. The van der Waals surface area contributed by atoms with E-state index in [1.54, 1.807) is 24.3 Å². The summed E-state index contributed by atoms with van der Waals surface area (Å²) in [6, 6.07) is 4.97. The van der Waals surface area contributed by atoms with E-state index in [0.29, 0.717) is 12.2 Å². The Labute approximate surface area is 174 Å². The van der Waals surface area contributed by atoms with E-state index in [4.69, 9.17) is 0 Å². The number of nitrogens with zero attached hydrogens (tertiary/aromatic N) is 1. The zero-order chi connectivity index (χ0) is 21.5. The van der Waals surface area contributed by atoms with Crippen molar-refractivity contribution in [2.75, 3.05) is 23.7 Å². The van der Waals surface area contributed by atoms with E-state index >= 15 is 0 Å². The Morgan fingerprint density at radius 1 is 1.10 bits per heavy atom. The highest BCUT2D eigenvalue weighted by Crippen LogP contribution is 2.23. The molecule has 29 heavy (non-hydrogen) atoms. The van der Waals surface area contributed by atoms with Gasteiger partial charge in [0.1, 0.15) is 5.76 Å². The van der Waals surface area contributed by atoms with E-state index in [0.717, 1.165) is 30.6 Å². The van der Waals surface area contributed by atoms with Crippen LogP contribution in [0, 0.1) is 0 Å². The van der Waals surface area contributed by atoms with Crippen LogP contribution in [0.15, 0.2) is 46.7 Å². The minimum absolute atomic E-state index is 0.215. The third kappa shape index (κ3) is 9.32. The predicted molar refractivity (Wildman–Crippen MR) is 122 cm³/mol. The SMILES string of the molecule is C/C=C(CN=CNc1cc(C(=O)O)ccc1NCCCCCCC)\C(O)=C/CC. The third-order valence-corrected chi connectivity index (χ3v) is 4.51. The monoisotopic (exact) mass is 401 g/mol. The van der Waals surface area contributed by atoms with Crippen LogP contribution < -0.4 is 10.6 Å². The van der Waals surface area contributed by atoms with Crippen molar-refractivity contribution in [3.63, 3.8) is 0 Å². The lowest BCUT2D eigenvalue weighted by atomic mass is 10.1. The van der Waals surface area contributed by atoms with Crippen LogP contribution in [0.25, 0.3) is 0 Å². The average molecular weight is 402 g/mol. The Bertz CT molecular complexity index is 724. The average Bonchev–Trinajstić information content (AvgIpc) is 2.71. The van der Waals surface area contributed by atoms with Crippen LogP contribution in [0.2, 0.25) is 0 Å². The minimum Gasteiger partial charge on any atom is -0.508 e. The maximum absolute atomic E-state index is 11.3. The third-order valence-electron chi connectivity index (χ3n) is 4.51. The summed E-state index contributed by atoms with van der Waals surface area (Å²) in [4.78, 5) is 15.6. The van der Waals surface area contributed by atoms with Gasteiger partial charge in [0.15, 0.2) is 0 Å². The van der Waals surface area contributed by atoms with Crippen LogP contribution in [0.4, 0.5) is 11.4 Å². The van der Waals surface area contributed by atoms with Gasteiger partial charge in [-0.25, -0.2) is 4.79 Å². The molecule has 6 heteroatoms. The van der Waals surface area contributed by atoms with Crippen molar-refractivity contribution in [2.45, 2.75) is 59.3 Å². The Morgan fingerprint density at radius 3 is 2.52 bits per heavy atom. The molecule has 0 atom stereocenters. The topological polar surface area (TPSA) is 94.0 Å². The summed E-state index contributed by atoms with van der Waals surface area (Å²) in [6.07, 6.45) is 11.8. The van der Waals surface area contributed by atoms with E-state index < -0.39 is 5.97 Å². The van der Waals surface area contributed by atoms with Gasteiger partial charge in [-0.1, -0.05) is 45.6 Å². The molecule has 1 rings (SSSR count). The summed E-state index contributed by atoms with van der Waals surface area (Å²) >= 11 is 0. The van der Waals surface area contributed by atoms with Gasteiger partial charge in [-0.3, -0.25) is 4.99 Å². The lowest BCUT2D eigenvalue weighted by Crippen LogP contribution is -2.08. The summed E-state index contributed by atoms with van der Waals surface area (Å²) in [6.45, 7) is 7.19. The second kappa shape index (κ2) is 14.3. The second-order valence-electron chi connectivity index (χ2n) is 6.83.